The number of fused-ring (bicyclic) bond motifs is 1. The molecule has 192 valence electrons. The number of aliphatic imine (C=N–C) groups is 1. The first kappa shape index (κ1) is 25.9. The van der Waals surface area contributed by atoms with Crippen LogP contribution in [-0.4, -0.2) is 24.8 Å². The van der Waals surface area contributed by atoms with E-state index in [9.17, 15) is 4.79 Å². The summed E-state index contributed by atoms with van der Waals surface area (Å²) in [6.07, 6.45) is 1.82. The first-order chi connectivity index (χ1) is 18.5. The van der Waals surface area contributed by atoms with E-state index in [1.54, 1.807) is 7.11 Å². The van der Waals surface area contributed by atoms with Gasteiger partial charge >= 0.3 is 0 Å². The Bertz CT molecular complexity index is 1540. The van der Waals surface area contributed by atoms with Crippen LogP contribution in [0.5, 0.6) is 17.2 Å². The Labute approximate surface area is 233 Å². The fourth-order valence-corrected chi connectivity index (χ4v) is 5.46. The van der Waals surface area contributed by atoms with E-state index < -0.39 is 0 Å². The lowest BCUT2D eigenvalue weighted by atomic mass is 10.1. The Morgan fingerprint density at radius 3 is 2.58 bits per heavy atom. The number of methoxy groups -OCH3 is 1. The van der Waals surface area contributed by atoms with Crippen molar-refractivity contribution in [2.24, 2.45) is 4.99 Å². The number of hydrogen-bond donors (Lipinski definition) is 1. The van der Waals surface area contributed by atoms with E-state index in [0.29, 0.717) is 34.8 Å². The van der Waals surface area contributed by atoms with Crippen molar-refractivity contribution in [1.29, 1.82) is 0 Å². The SMILES string of the molecule is CCOc1cc(/C=C2\SC(=Nc3ccc(OC)cc3)NC2=O)cc(Br)c1OCc1cccc2ccccc12. The second kappa shape index (κ2) is 11.8. The number of nitrogens with zero attached hydrogens (tertiary/aromatic N) is 1. The van der Waals surface area contributed by atoms with Gasteiger partial charge in [-0.25, -0.2) is 4.99 Å². The second-order valence-corrected chi connectivity index (χ2v) is 10.3. The van der Waals surface area contributed by atoms with Crippen LogP contribution < -0.4 is 19.5 Å². The predicted octanol–water partition coefficient (Wildman–Crippen LogP) is 7.48. The third kappa shape index (κ3) is 5.87. The lowest BCUT2D eigenvalue weighted by molar-refractivity contribution is -0.115. The zero-order valence-electron chi connectivity index (χ0n) is 20.9. The number of benzene rings is 4. The maximum atomic E-state index is 12.6. The minimum absolute atomic E-state index is 0.201. The summed E-state index contributed by atoms with van der Waals surface area (Å²) in [5.41, 5.74) is 2.62. The smallest absolute Gasteiger partial charge is 0.264 e. The lowest BCUT2D eigenvalue weighted by Gasteiger charge is -2.15. The minimum atomic E-state index is -0.201. The van der Waals surface area contributed by atoms with Crippen LogP contribution in [0.3, 0.4) is 0 Å². The minimum Gasteiger partial charge on any atom is -0.497 e. The number of amidine groups is 1. The molecule has 0 spiro atoms. The molecule has 1 heterocycles. The van der Waals surface area contributed by atoms with Crippen molar-refractivity contribution in [2.45, 2.75) is 13.5 Å². The molecule has 8 heteroatoms. The zero-order chi connectivity index (χ0) is 26.5. The molecule has 38 heavy (non-hydrogen) atoms. The Morgan fingerprint density at radius 1 is 1.00 bits per heavy atom. The van der Waals surface area contributed by atoms with Crippen LogP contribution in [0.4, 0.5) is 5.69 Å². The molecule has 1 amide bonds. The molecule has 0 aliphatic carbocycles. The molecule has 1 aliphatic heterocycles. The third-order valence-electron chi connectivity index (χ3n) is 5.84. The quantitative estimate of drug-likeness (QED) is 0.216. The number of halogens is 1. The van der Waals surface area contributed by atoms with Gasteiger partial charge in [-0.1, -0.05) is 42.5 Å². The van der Waals surface area contributed by atoms with Gasteiger partial charge in [0.1, 0.15) is 12.4 Å². The van der Waals surface area contributed by atoms with E-state index in [4.69, 9.17) is 14.2 Å². The topological polar surface area (TPSA) is 69.2 Å². The van der Waals surface area contributed by atoms with Gasteiger partial charge in [-0.05, 0) is 99.0 Å². The first-order valence-electron chi connectivity index (χ1n) is 12.0. The van der Waals surface area contributed by atoms with Gasteiger partial charge < -0.3 is 19.5 Å². The molecule has 1 N–H and O–H groups in total. The normalized spacial score (nSPS) is 15.2. The summed E-state index contributed by atoms with van der Waals surface area (Å²) in [7, 11) is 1.62. The van der Waals surface area contributed by atoms with Crippen molar-refractivity contribution in [2.75, 3.05) is 13.7 Å². The third-order valence-corrected chi connectivity index (χ3v) is 7.33. The van der Waals surface area contributed by atoms with Crippen LogP contribution in [0.1, 0.15) is 18.1 Å². The fraction of sp³-hybridized carbons (Fsp3) is 0.133. The summed E-state index contributed by atoms with van der Waals surface area (Å²) in [4.78, 5) is 17.7. The van der Waals surface area contributed by atoms with Crippen molar-refractivity contribution < 1.29 is 19.0 Å². The average molecular weight is 590 g/mol. The summed E-state index contributed by atoms with van der Waals surface area (Å²) in [5, 5.41) is 5.67. The Hall–Kier alpha value is -3.75. The van der Waals surface area contributed by atoms with Crippen LogP contribution in [0.25, 0.3) is 16.8 Å². The van der Waals surface area contributed by atoms with E-state index in [1.807, 2.05) is 67.6 Å². The van der Waals surface area contributed by atoms with Gasteiger partial charge in [-0.3, -0.25) is 4.79 Å². The van der Waals surface area contributed by atoms with E-state index in [-0.39, 0.29) is 5.91 Å². The van der Waals surface area contributed by atoms with Crippen LogP contribution in [0, 0.1) is 0 Å². The van der Waals surface area contributed by atoms with Crippen LogP contribution >= 0.6 is 27.7 Å². The summed E-state index contributed by atoms with van der Waals surface area (Å²) < 4.78 is 18.1. The number of carbonyl (C=O) groups excluding carboxylic acids is 1. The maximum Gasteiger partial charge on any atom is 0.264 e. The van der Waals surface area contributed by atoms with Gasteiger partial charge in [0, 0.05) is 0 Å². The van der Waals surface area contributed by atoms with Gasteiger partial charge in [0.25, 0.3) is 5.91 Å². The Balaban J connectivity index is 1.37. The highest BCUT2D eigenvalue weighted by atomic mass is 79.9. The summed E-state index contributed by atoms with van der Waals surface area (Å²) in [5.74, 6) is 1.77. The highest BCUT2D eigenvalue weighted by molar-refractivity contribution is 9.10. The van der Waals surface area contributed by atoms with Crippen molar-refractivity contribution >= 4 is 61.3 Å². The number of nitrogens with one attached hydrogen (secondary N) is 1. The summed E-state index contributed by atoms with van der Waals surface area (Å²) >= 11 is 4.94. The van der Waals surface area contributed by atoms with Crippen molar-refractivity contribution in [3.63, 3.8) is 0 Å². The van der Waals surface area contributed by atoms with Gasteiger partial charge in [-0.15, -0.1) is 0 Å². The molecule has 0 unspecified atom stereocenters. The standard InChI is InChI=1S/C30H25BrN2O4S/c1-3-36-26-16-19(17-27-29(34)33-30(38-27)32-22-11-13-23(35-2)14-12-22)15-25(31)28(26)37-18-21-9-6-8-20-7-4-5-10-24(20)21/h4-17H,3,18H2,1-2H3,(H,32,33,34)/b27-17-. The van der Waals surface area contributed by atoms with E-state index in [1.165, 1.54) is 17.1 Å². The van der Waals surface area contributed by atoms with Crippen LogP contribution in [0.2, 0.25) is 0 Å². The van der Waals surface area contributed by atoms with Gasteiger partial charge in [0.15, 0.2) is 16.7 Å². The molecule has 0 aromatic heterocycles. The number of amides is 1. The van der Waals surface area contributed by atoms with Gasteiger partial charge in [0.05, 0.1) is 28.8 Å². The largest absolute Gasteiger partial charge is 0.497 e. The van der Waals surface area contributed by atoms with E-state index in [2.05, 4.69) is 50.5 Å². The molecule has 1 aliphatic rings. The molecule has 4 aromatic carbocycles. The van der Waals surface area contributed by atoms with Crippen molar-refractivity contribution in [3.8, 4) is 17.2 Å². The maximum absolute atomic E-state index is 12.6. The second-order valence-electron chi connectivity index (χ2n) is 8.37. The molecule has 6 nitrogen and oxygen atoms in total. The molecule has 0 atom stereocenters. The van der Waals surface area contributed by atoms with Crippen molar-refractivity contribution in [3.05, 3.63) is 99.4 Å². The molecular formula is C30H25BrN2O4S. The number of ether oxygens (including phenoxy) is 3. The van der Waals surface area contributed by atoms with Crippen molar-refractivity contribution in [1.82, 2.24) is 5.32 Å². The van der Waals surface area contributed by atoms with Gasteiger partial charge in [0.2, 0.25) is 0 Å². The van der Waals surface area contributed by atoms with Crippen LogP contribution in [0.15, 0.2) is 93.2 Å². The molecule has 5 rings (SSSR count). The fourth-order valence-electron chi connectivity index (χ4n) is 4.05. The number of hydrogen-bond acceptors (Lipinski definition) is 6. The van der Waals surface area contributed by atoms with E-state index >= 15 is 0 Å². The molecular weight excluding hydrogens is 564 g/mol. The molecule has 1 fully saturated rings. The first-order valence-corrected chi connectivity index (χ1v) is 13.6. The predicted molar refractivity (Wildman–Crippen MR) is 157 cm³/mol. The number of thioether (sulfide) groups is 1. The highest BCUT2D eigenvalue weighted by Gasteiger charge is 2.24. The number of carbonyl (C=O) groups is 1. The zero-order valence-corrected chi connectivity index (χ0v) is 23.3. The molecule has 1 saturated heterocycles. The Kier molecular flexibility index (Phi) is 8.00. The summed E-state index contributed by atoms with van der Waals surface area (Å²) in [6, 6.07) is 25.6. The van der Waals surface area contributed by atoms with E-state index in [0.717, 1.165) is 32.4 Å². The van der Waals surface area contributed by atoms with Crippen LogP contribution in [-0.2, 0) is 11.4 Å². The van der Waals surface area contributed by atoms with Gasteiger partial charge in [-0.2, -0.15) is 0 Å². The molecule has 4 aromatic rings. The lowest BCUT2D eigenvalue weighted by Crippen LogP contribution is -2.19. The monoisotopic (exact) mass is 588 g/mol. The molecule has 0 saturated carbocycles. The molecule has 0 bridgehead atoms. The highest BCUT2D eigenvalue weighted by Crippen LogP contribution is 2.39. The average Bonchev–Trinajstić information content (AvgIpc) is 3.26. The summed E-state index contributed by atoms with van der Waals surface area (Å²) in [6.45, 7) is 2.80. The Morgan fingerprint density at radius 2 is 1.79 bits per heavy atom. The molecule has 0 radical (unpaired) electrons. The number of rotatable bonds is 8.